The molecule has 0 saturated carbocycles. The Bertz CT molecular complexity index is 408. The Hall–Kier alpha value is -1.53. The fourth-order valence-electron chi connectivity index (χ4n) is 2.63. The first-order valence-electron chi connectivity index (χ1n) is 6.56. The van der Waals surface area contributed by atoms with Gasteiger partial charge in [0.1, 0.15) is 0 Å². The van der Waals surface area contributed by atoms with Gasteiger partial charge in [-0.3, -0.25) is 0 Å². The average molecular weight is 243 g/mol. The van der Waals surface area contributed by atoms with Gasteiger partial charge in [-0.1, -0.05) is 12.1 Å². The molecule has 1 aliphatic heterocycles. The highest BCUT2D eigenvalue weighted by atomic mass is 15.1. The van der Waals surface area contributed by atoms with Gasteiger partial charge in [0.15, 0.2) is 5.69 Å². The Balaban J connectivity index is 1.91. The molecular weight excluding hydrogens is 222 g/mol. The zero-order chi connectivity index (χ0) is 13.0. The second-order valence-corrected chi connectivity index (χ2v) is 5.32. The van der Waals surface area contributed by atoms with Gasteiger partial charge >= 0.3 is 0 Å². The van der Waals surface area contributed by atoms with Crippen LogP contribution in [0.5, 0.6) is 0 Å². The van der Waals surface area contributed by atoms with E-state index in [4.69, 9.17) is 6.57 Å². The predicted octanol–water partition coefficient (Wildman–Crippen LogP) is 3.02. The van der Waals surface area contributed by atoms with E-state index in [-0.39, 0.29) is 0 Å². The first kappa shape index (κ1) is 12.9. The van der Waals surface area contributed by atoms with Crippen molar-refractivity contribution in [3.05, 3.63) is 35.7 Å². The normalized spacial score (nSPS) is 16.9. The van der Waals surface area contributed by atoms with E-state index in [1.54, 1.807) is 0 Å². The monoisotopic (exact) mass is 243 g/mol. The summed E-state index contributed by atoms with van der Waals surface area (Å²) in [6, 6.07) is 7.96. The van der Waals surface area contributed by atoms with Gasteiger partial charge in [-0.2, -0.15) is 0 Å². The molecule has 0 unspecified atom stereocenters. The van der Waals surface area contributed by atoms with E-state index in [9.17, 15) is 0 Å². The summed E-state index contributed by atoms with van der Waals surface area (Å²) in [4.78, 5) is 8.14. The van der Waals surface area contributed by atoms with E-state index in [0.717, 1.165) is 24.7 Å². The lowest BCUT2D eigenvalue weighted by Gasteiger charge is -2.34. The molecule has 0 N–H and O–H groups in total. The van der Waals surface area contributed by atoms with Crippen LogP contribution in [0.4, 0.5) is 11.4 Å². The number of hydrogen-bond donors (Lipinski definition) is 0. The zero-order valence-electron chi connectivity index (χ0n) is 11.3. The molecule has 1 heterocycles. The first-order chi connectivity index (χ1) is 8.69. The van der Waals surface area contributed by atoms with Crippen molar-refractivity contribution in [1.82, 2.24) is 4.90 Å². The number of benzene rings is 1. The summed E-state index contributed by atoms with van der Waals surface area (Å²) in [5.74, 6) is 0.832. The van der Waals surface area contributed by atoms with Crippen LogP contribution >= 0.6 is 0 Å². The summed E-state index contributed by atoms with van der Waals surface area (Å²) in [7, 11) is 4.30. The van der Waals surface area contributed by atoms with Gasteiger partial charge in [0.05, 0.1) is 6.57 Å². The van der Waals surface area contributed by atoms with Crippen molar-refractivity contribution in [3.63, 3.8) is 0 Å². The lowest BCUT2D eigenvalue weighted by Crippen LogP contribution is -2.37. The first-order valence-corrected chi connectivity index (χ1v) is 6.56. The van der Waals surface area contributed by atoms with Crippen LogP contribution in [0.1, 0.15) is 12.8 Å². The second kappa shape index (κ2) is 5.88. The van der Waals surface area contributed by atoms with E-state index in [2.05, 4.69) is 40.9 Å². The number of anilines is 1. The molecule has 0 aromatic heterocycles. The predicted molar refractivity (Wildman–Crippen MR) is 76.2 cm³/mol. The van der Waals surface area contributed by atoms with Crippen molar-refractivity contribution in [3.8, 4) is 0 Å². The zero-order valence-corrected chi connectivity index (χ0v) is 11.3. The van der Waals surface area contributed by atoms with Crippen LogP contribution in [0.2, 0.25) is 0 Å². The summed E-state index contributed by atoms with van der Waals surface area (Å²) in [6.07, 6.45) is 2.53. The van der Waals surface area contributed by atoms with Gasteiger partial charge in [-0.05, 0) is 45.0 Å². The smallest absolute Gasteiger partial charge is 0.187 e. The SMILES string of the molecule is [C-]#[N+]c1ccc(N2CCC(CN(C)C)CC2)cc1. The van der Waals surface area contributed by atoms with Crippen molar-refractivity contribution in [2.75, 3.05) is 38.6 Å². The minimum Gasteiger partial charge on any atom is -0.372 e. The van der Waals surface area contributed by atoms with Crippen LogP contribution in [0.3, 0.4) is 0 Å². The molecule has 0 amide bonds. The van der Waals surface area contributed by atoms with Gasteiger partial charge < -0.3 is 9.80 Å². The summed E-state index contributed by atoms with van der Waals surface area (Å²) in [6.45, 7) is 10.4. The summed E-state index contributed by atoms with van der Waals surface area (Å²) >= 11 is 0. The van der Waals surface area contributed by atoms with Crippen LogP contribution in [-0.2, 0) is 0 Å². The molecule has 0 aliphatic carbocycles. The highest BCUT2D eigenvalue weighted by molar-refractivity contribution is 5.55. The standard InChI is InChI=1S/C15H21N3/c1-16-14-4-6-15(7-5-14)18-10-8-13(9-11-18)12-17(2)3/h4-7,13H,8-12H2,2-3H3. The lowest BCUT2D eigenvalue weighted by molar-refractivity contribution is 0.285. The molecule has 96 valence electrons. The maximum atomic E-state index is 6.96. The van der Waals surface area contributed by atoms with E-state index in [1.807, 2.05) is 12.1 Å². The van der Waals surface area contributed by atoms with E-state index < -0.39 is 0 Å². The molecule has 1 aliphatic rings. The van der Waals surface area contributed by atoms with E-state index >= 15 is 0 Å². The van der Waals surface area contributed by atoms with Gasteiger partial charge in [0.25, 0.3) is 0 Å². The van der Waals surface area contributed by atoms with Crippen molar-refractivity contribution in [2.45, 2.75) is 12.8 Å². The fourth-order valence-corrected chi connectivity index (χ4v) is 2.63. The molecule has 1 fully saturated rings. The van der Waals surface area contributed by atoms with E-state index in [0.29, 0.717) is 0 Å². The van der Waals surface area contributed by atoms with Gasteiger partial charge in [-0.25, -0.2) is 4.85 Å². The fraction of sp³-hybridized carbons (Fsp3) is 0.533. The third-order valence-corrected chi connectivity index (χ3v) is 3.58. The Kier molecular flexibility index (Phi) is 4.22. The molecule has 0 bridgehead atoms. The second-order valence-electron chi connectivity index (χ2n) is 5.32. The lowest BCUT2D eigenvalue weighted by atomic mass is 9.96. The minimum atomic E-state index is 0.723. The third kappa shape index (κ3) is 3.24. The van der Waals surface area contributed by atoms with Crippen LogP contribution < -0.4 is 4.90 Å². The summed E-state index contributed by atoms with van der Waals surface area (Å²) in [5, 5.41) is 0. The Morgan fingerprint density at radius 2 is 1.83 bits per heavy atom. The number of rotatable bonds is 3. The maximum Gasteiger partial charge on any atom is 0.187 e. The third-order valence-electron chi connectivity index (χ3n) is 3.58. The van der Waals surface area contributed by atoms with Crippen molar-refractivity contribution in [2.24, 2.45) is 5.92 Å². The quantitative estimate of drug-likeness (QED) is 0.756. The molecule has 0 spiro atoms. The van der Waals surface area contributed by atoms with Gasteiger partial charge in [0, 0.05) is 25.3 Å². The summed E-state index contributed by atoms with van der Waals surface area (Å²) in [5.41, 5.74) is 1.98. The molecule has 0 radical (unpaired) electrons. The highest BCUT2D eigenvalue weighted by Crippen LogP contribution is 2.25. The number of hydrogen-bond acceptors (Lipinski definition) is 2. The van der Waals surface area contributed by atoms with Gasteiger partial charge in [-0.15, -0.1) is 0 Å². The van der Waals surface area contributed by atoms with Crippen molar-refractivity contribution in [1.29, 1.82) is 0 Å². The molecule has 1 aromatic rings. The van der Waals surface area contributed by atoms with Crippen LogP contribution in [0, 0.1) is 12.5 Å². The van der Waals surface area contributed by atoms with Crippen molar-refractivity contribution < 1.29 is 0 Å². The van der Waals surface area contributed by atoms with Gasteiger partial charge in [0.2, 0.25) is 0 Å². The highest BCUT2D eigenvalue weighted by Gasteiger charge is 2.19. The number of piperidine rings is 1. The molecule has 0 atom stereocenters. The maximum absolute atomic E-state index is 6.96. The van der Waals surface area contributed by atoms with Crippen LogP contribution in [0.15, 0.2) is 24.3 Å². The van der Waals surface area contributed by atoms with Crippen LogP contribution in [0.25, 0.3) is 4.85 Å². The van der Waals surface area contributed by atoms with E-state index in [1.165, 1.54) is 25.1 Å². The molecule has 2 rings (SSSR count). The minimum absolute atomic E-state index is 0.723. The molecule has 18 heavy (non-hydrogen) atoms. The molecule has 3 heteroatoms. The Labute approximate surface area is 110 Å². The molecule has 1 saturated heterocycles. The molecule has 3 nitrogen and oxygen atoms in total. The summed E-state index contributed by atoms with van der Waals surface area (Å²) < 4.78 is 0. The largest absolute Gasteiger partial charge is 0.372 e. The van der Waals surface area contributed by atoms with Crippen molar-refractivity contribution >= 4 is 11.4 Å². The topological polar surface area (TPSA) is 10.8 Å². The molecule has 1 aromatic carbocycles. The molecular formula is C15H21N3. The van der Waals surface area contributed by atoms with Crippen LogP contribution in [-0.4, -0.2) is 38.6 Å². The Morgan fingerprint density at radius 1 is 1.22 bits per heavy atom. The average Bonchev–Trinajstić information content (AvgIpc) is 2.39. The number of nitrogens with zero attached hydrogens (tertiary/aromatic N) is 3. The Morgan fingerprint density at radius 3 is 2.33 bits per heavy atom.